The van der Waals surface area contributed by atoms with E-state index in [0.717, 1.165) is 17.7 Å². The highest BCUT2D eigenvalue weighted by molar-refractivity contribution is 5.60. The van der Waals surface area contributed by atoms with Gasteiger partial charge in [0.1, 0.15) is 0 Å². The highest BCUT2D eigenvalue weighted by Crippen LogP contribution is 2.37. The Morgan fingerprint density at radius 3 is 1.78 bits per heavy atom. The van der Waals surface area contributed by atoms with E-state index in [1.807, 2.05) is 27.7 Å². The topological polar surface area (TPSA) is 58.9 Å². The minimum Gasteiger partial charge on any atom is -0.333 e. The number of halogens is 6. The zero-order chi connectivity index (χ0) is 31.4. The van der Waals surface area contributed by atoms with E-state index in [1.165, 1.54) is 6.42 Å². The van der Waals surface area contributed by atoms with Crippen molar-refractivity contribution in [2.75, 3.05) is 11.9 Å². The van der Waals surface area contributed by atoms with Gasteiger partial charge >= 0.3 is 12.4 Å². The molecule has 0 aliphatic rings. The van der Waals surface area contributed by atoms with Crippen LogP contribution in [-0.2, 0) is 25.9 Å². The molecule has 0 aliphatic carbocycles. The Labute approximate surface area is 239 Å². The number of aromatic nitrogens is 4. The molecule has 2 heterocycles. The smallest absolute Gasteiger partial charge is 0.333 e. The first-order chi connectivity index (χ1) is 19.2. The zero-order valence-electron chi connectivity index (χ0n) is 25.0. The van der Waals surface area contributed by atoms with Crippen molar-refractivity contribution in [1.29, 1.82) is 0 Å². The number of rotatable bonds is 9. The van der Waals surface area contributed by atoms with Gasteiger partial charge in [-0.3, -0.25) is 4.68 Å². The highest BCUT2D eigenvalue weighted by Gasteiger charge is 2.37. The van der Waals surface area contributed by atoms with Crippen LogP contribution in [0.1, 0.15) is 77.5 Å². The summed E-state index contributed by atoms with van der Waals surface area (Å²) in [4.78, 5) is 10.5. The maximum Gasteiger partial charge on any atom is 0.416 e. The summed E-state index contributed by atoms with van der Waals surface area (Å²) in [5.41, 5.74) is -1.37. The molecule has 1 aromatic carbocycles. The fraction of sp³-hybridized carbons (Fsp3) is 0.552. The Hall–Kier alpha value is -3.15. The van der Waals surface area contributed by atoms with E-state index in [1.54, 1.807) is 48.5 Å². The first-order valence-electron chi connectivity index (χ1n) is 13.8. The van der Waals surface area contributed by atoms with Crippen LogP contribution in [0.2, 0.25) is 0 Å². The Bertz CT molecular complexity index is 1130. The molecule has 3 rings (SSSR count). The summed E-state index contributed by atoms with van der Waals surface area (Å²) in [5.74, 6) is 0.212. The third kappa shape index (κ3) is 11.0. The van der Waals surface area contributed by atoms with Crippen molar-refractivity contribution >= 4 is 5.95 Å². The molecular weight excluding hydrogens is 546 g/mol. The fourth-order valence-corrected chi connectivity index (χ4v) is 3.90. The summed E-state index contributed by atoms with van der Waals surface area (Å²) in [6, 6.07) is 1.42. The molecule has 6 nitrogen and oxygen atoms in total. The van der Waals surface area contributed by atoms with Gasteiger partial charge in [0.25, 0.3) is 0 Å². The Kier molecular flexibility index (Phi) is 14.3. The molecule has 230 valence electrons. The molecule has 2 aromatic heterocycles. The van der Waals surface area contributed by atoms with Crippen molar-refractivity contribution < 1.29 is 26.3 Å². The maximum absolute atomic E-state index is 13.4. The molecule has 2 atom stereocenters. The van der Waals surface area contributed by atoms with Crippen molar-refractivity contribution in [3.63, 3.8) is 0 Å². The number of anilines is 1. The van der Waals surface area contributed by atoms with Crippen molar-refractivity contribution in [1.82, 2.24) is 25.1 Å². The second-order valence-corrected chi connectivity index (χ2v) is 9.41. The van der Waals surface area contributed by atoms with Crippen LogP contribution in [0.4, 0.5) is 32.3 Å². The van der Waals surface area contributed by atoms with Crippen LogP contribution in [0.3, 0.4) is 0 Å². The number of hydrogen-bond donors (Lipinski definition) is 1. The Morgan fingerprint density at radius 2 is 1.39 bits per heavy atom. The number of alkyl halides is 6. The minimum atomic E-state index is -4.92. The van der Waals surface area contributed by atoms with Crippen molar-refractivity contribution in [3.05, 3.63) is 59.7 Å². The Morgan fingerprint density at radius 1 is 0.878 bits per heavy atom. The molecule has 41 heavy (non-hydrogen) atoms. The van der Waals surface area contributed by atoms with E-state index in [0.29, 0.717) is 18.4 Å². The standard InChI is InChI=1S/C24H28F6N6.C3H8.C2H6/c1-5-21(6-15(2)31-3)36(22-32-10-17(11-33-22)18-12-34-35(4)14-18)13-16-7-19(23(25,26)27)9-20(8-16)24(28,29)30;1-3-2;1-2/h7-12,14-15,21,31H,5-6,13H2,1-4H3;3H2,1-2H3;1-2H3/t15-,21-;;/m0../s1. The second kappa shape index (κ2) is 16.3. The van der Waals surface area contributed by atoms with E-state index in [-0.39, 0.29) is 36.2 Å². The van der Waals surface area contributed by atoms with Gasteiger partial charge in [0.05, 0.1) is 17.3 Å². The first kappa shape index (κ1) is 35.9. The molecule has 1 N–H and O–H groups in total. The van der Waals surface area contributed by atoms with Crippen LogP contribution in [0.5, 0.6) is 0 Å². The van der Waals surface area contributed by atoms with E-state index >= 15 is 0 Å². The summed E-state index contributed by atoms with van der Waals surface area (Å²) in [6.45, 7) is 11.9. The van der Waals surface area contributed by atoms with Crippen LogP contribution in [0.25, 0.3) is 11.1 Å². The summed E-state index contributed by atoms with van der Waals surface area (Å²) in [6.07, 6.45) is -0.902. The van der Waals surface area contributed by atoms with Gasteiger partial charge in [0.15, 0.2) is 0 Å². The lowest BCUT2D eigenvalue weighted by molar-refractivity contribution is -0.143. The lowest BCUT2D eigenvalue weighted by atomic mass is 10.0. The van der Waals surface area contributed by atoms with Crippen molar-refractivity contribution in [2.45, 2.75) is 91.8 Å². The molecule has 0 bridgehead atoms. The number of benzene rings is 1. The average molecular weight is 589 g/mol. The summed E-state index contributed by atoms with van der Waals surface area (Å²) >= 11 is 0. The molecular formula is C29H42F6N6. The Balaban J connectivity index is 0.00000157. The molecule has 3 aromatic rings. The number of nitrogens with one attached hydrogen (secondary N) is 1. The summed E-state index contributed by atoms with van der Waals surface area (Å²) in [5, 5.41) is 7.22. The number of aryl methyl sites for hydroxylation is 1. The molecule has 12 heteroatoms. The van der Waals surface area contributed by atoms with Gasteiger partial charge in [-0.05, 0) is 50.6 Å². The van der Waals surface area contributed by atoms with Gasteiger partial charge in [0.2, 0.25) is 5.95 Å². The molecule has 0 saturated heterocycles. The quantitative estimate of drug-likeness (QED) is 0.256. The second-order valence-electron chi connectivity index (χ2n) is 9.41. The van der Waals surface area contributed by atoms with Gasteiger partial charge in [-0.15, -0.1) is 0 Å². The molecule has 0 saturated carbocycles. The summed E-state index contributed by atoms with van der Waals surface area (Å²) < 4.78 is 82.2. The fourth-order valence-electron chi connectivity index (χ4n) is 3.90. The number of nitrogens with zero attached hydrogens (tertiary/aromatic N) is 5. The van der Waals surface area contributed by atoms with Gasteiger partial charge in [-0.1, -0.05) is 41.0 Å². The van der Waals surface area contributed by atoms with Gasteiger partial charge in [-0.25, -0.2) is 9.97 Å². The van der Waals surface area contributed by atoms with Crippen LogP contribution >= 0.6 is 0 Å². The van der Waals surface area contributed by atoms with E-state index in [9.17, 15) is 26.3 Å². The minimum absolute atomic E-state index is 0.0411. The van der Waals surface area contributed by atoms with E-state index in [4.69, 9.17) is 0 Å². The SMILES string of the molecule is CC.CCC.CC[C@@H](C[C@H](C)NC)N(Cc1cc(C(F)(F)F)cc(C(F)(F)F)c1)c1ncc(-c2cnn(C)c2)cn1. The molecule has 0 aliphatic heterocycles. The third-order valence-corrected chi connectivity index (χ3v) is 5.96. The van der Waals surface area contributed by atoms with E-state index < -0.39 is 23.5 Å². The highest BCUT2D eigenvalue weighted by atomic mass is 19.4. The zero-order valence-corrected chi connectivity index (χ0v) is 25.0. The normalized spacial score (nSPS) is 12.9. The third-order valence-electron chi connectivity index (χ3n) is 5.96. The van der Waals surface area contributed by atoms with E-state index in [2.05, 4.69) is 34.2 Å². The molecule has 0 unspecified atom stereocenters. The lowest BCUT2D eigenvalue weighted by Crippen LogP contribution is -2.40. The lowest BCUT2D eigenvalue weighted by Gasteiger charge is -2.33. The predicted octanol–water partition coefficient (Wildman–Crippen LogP) is 8.14. The molecule has 0 fully saturated rings. The first-order valence-corrected chi connectivity index (χ1v) is 13.8. The average Bonchev–Trinajstić information content (AvgIpc) is 3.37. The summed E-state index contributed by atoms with van der Waals surface area (Å²) in [7, 11) is 3.54. The largest absolute Gasteiger partial charge is 0.416 e. The maximum atomic E-state index is 13.4. The predicted molar refractivity (Wildman–Crippen MR) is 151 cm³/mol. The van der Waals surface area contributed by atoms with Crippen LogP contribution in [0.15, 0.2) is 43.0 Å². The van der Waals surface area contributed by atoms with Crippen molar-refractivity contribution in [3.8, 4) is 11.1 Å². The van der Waals surface area contributed by atoms with Crippen LogP contribution in [-0.4, -0.2) is 38.9 Å². The van der Waals surface area contributed by atoms with Crippen LogP contribution < -0.4 is 10.2 Å². The molecule has 0 spiro atoms. The van der Waals surface area contributed by atoms with Gasteiger partial charge in [-0.2, -0.15) is 31.4 Å². The van der Waals surface area contributed by atoms with Crippen LogP contribution in [0, 0.1) is 0 Å². The monoisotopic (exact) mass is 588 g/mol. The van der Waals surface area contributed by atoms with Gasteiger partial charge < -0.3 is 10.2 Å². The van der Waals surface area contributed by atoms with Crippen molar-refractivity contribution in [2.24, 2.45) is 7.05 Å². The van der Waals surface area contributed by atoms with Gasteiger partial charge in [0, 0.05) is 55.4 Å². The number of hydrogen-bond acceptors (Lipinski definition) is 5. The molecule has 0 amide bonds. The molecule has 0 radical (unpaired) electrons.